The summed E-state index contributed by atoms with van der Waals surface area (Å²) in [4.78, 5) is 11.7. The highest BCUT2D eigenvalue weighted by Gasteiger charge is 2.22. The van der Waals surface area contributed by atoms with Crippen molar-refractivity contribution in [3.05, 3.63) is 48.0 Å². The lowest BCUT2D eigenvalue weighted by Crippen LogP contribution is -2.31. The van der Waals surface area contributed by atoms with E-state index < -0.39 is 32.4 Å². The molecule has 2 N–H and O–H groups in total. The molecule has 4 atom stereocenters. The van der Waals surface area contributed by atoms with Crippen LogP contribution in [-0.4, -0.2) is 69.2 Å². The van der Waals surface area contributed by atoms with Gasteiger partial charge >= 0.3 is 5.97 Å². The van der Waals surface area contributed by atoms with E-state index in [1.807, 2.05) is 37.3 Å². The third-order valence-electron chi connectivity index (χ3n) is 4.82. The van der Waals surface area contributed by atoms with Crippen LogP contribution in [0.1, 0.15) is 25.3 Å². The average Bonchev–Trinajstić information content (AvgIpc) is 2.74. The fourth-order valence-electron chi connectivity index (χ4n) is 2.76. The summed E-state index contributed by atoms with van der Waals surface area (Å²) in [5.41, 5.74) is 0.927. The van der Waals surface area contributed by atoms with Crippen LogP contribution in [-0.2, 0) is 30.3 Å². The van der Waals surface area contributed by atoms with Crippen molar-refractivity contribution < 1.29 is 34.0 Å². The molecule has 0 aliphatic rings. The van der Waals surface area contributed by atoms with E-state index >= 15 is 0 Å². The van der Waals surface area contributed by atoms with Crippen molar-refractivity contribution in [2.24, 2.45) is 0 Å². The van der Waals surface area contributed by atoms with E-state index in [-0.39, 0.29) is 25.9 Å². The van der Waals surface area contributed by atoms with E-state index in [0.717, 1.165) is 11.6 Å². The summed E-state index contributed by atoms with van der Waals surface area (Å²) in [7, 11) is 0.168. The van der Waals surface area contributed by atoms with Gasteiger partial charge in [0.1, 0.15) is 6.79 Å². The Labute approximate surface area is 193 Å². The van der Waals surface area contributed by atoms with Gasteiger partial charge in [-0.05, 0) is 18.5 Å². The van der Waals surface area contributed by atoms with Crippen LogP contribution in [0.2, 0.25) is 25.7 Å². The van der Waals surface area contributed by atoms with Gasteiger partial charge in [-0.1, -0.05) is 62.1 Å². The molecule has 0 spiro atoms. The molecule has 0 saturated carbocycles. The fourth-order valence-corrected chi connectivity index (χ4v) is 3.51. The Kier molecular flexibility index (Phi) is 13.6. The van der Waals surface area contributed by atoms with Crippen LogP contribution in [0.15, 0.2) is 42.5 Å². The number of esters is 1. The molecular weight excluding hydrogens is 428 g/mol. The van der Waals surface area contributed by atoms with Gasteiger partial charge in [0.15, 0.2) is 0 Å². The maximum absolute atomic E-state index is 11.7. The first-order valence-electron chi connectivity index (χ1n) is 11.1. The van der Waals surface area contributed by atoms with Crippen LogP contribution in [0.3, 0.4) is 0 Å². The van der Waals surface area contributed by atoms with E-state index in [9.17, 15) is 15.0 Å². The quantitative estimate of drug-likeness (QED) is 0.126. The maximum atomic E-state index is 11.7. The fraction of sp³-hybridized carbons (Fsp3) is 0.625. The van der Waals surface area contributed by atoms with Crippen LogP contribution < -0.4 is 0 Å². The third kappa shape index (κ3) is 13.8. The van der Waals surface area contributed by atoms with Crippen molar-refractivity contribution in [1.29, 1.82) is 0 Å². The molecule has 0 aliphatic heterocycles. The average molecular weight is 469 g/mol. The Balaban J connectivity index is 2.46. The number of aliphatic hydroxyl groups is 2. The molecule has 1 aromatic rings. The lowest BCUT2D eigenvalue weighted by Gasteiger charge is -2.21. The Morgan fingerprint density at radius 2 is 1.78 bits per heavy atom. The second-order valence-corrected chi connectivity index (χ2v) is 14.7. The van der Waals surface area contributed by atoms with Crippen LogP contribution in [0.4, 0.5) is 0 Å². The largest absolute Gasteiger partial charge is 0.469 e. The first kappa shape index (κ1) is 28.5. The highest BCUT2D eigenvalue weighted by Crippen LogP contribution is 2.13. The molecule has 0 radical (unpaired) electrons. The normalized spacial score (nSPS) is 16.0. The monoisotopic (exact) mass is 468 g/mol. The van der Waals surface area contributed by atoms with E-state index in [2.05, 4.69) is 19.6 Å². The summed E-state index contributed by atoms with van der Waals surface area (Å²) in [5, 5.41) is 20.8. The van der Waals surface area contributed by atoms with Gasteiger partial charge in [-0.3, -0.25) is 4.79 Å². The predicted molar refractivity (Wildman–Crippen MR) is 127 cm³/mol. The van der Waals surface area contributed by atoms with Gasteiger partial charge in [-0.2, -0.15) is 0 Å². The molecule has 0 saturated heterocycles. The van der Waals surface area contributed by atoms with E-state index in [1.54, 1.807) is 0 Å². The predicted octanol–water partition coefficient (Wildman–Crippen LogP) is 3.52. The van der Waals surface area contributed by atoms with Gasteiger partial charge < -0.3 is 29.2 Å². The van der Waals surface area contributed by atoms with E-state index in [1.165, 1.54) is 19.3 Å². The Bertz CT molecular complexity index is 660. The molecule has 7 nitrogen and oxygen atoms in total. The van der Waals surface area contributed by atoms with Gasteiger partial charge in [0, 0.05) is 21.1 Å². The third-order valence-corrected chi connectivity index (χ3v) is 6.52. The number of carbonyl (C=O) groups is 1. The SMILES string of the molecule is COC(=O)C[C@H](OCc1ccccc1)[C@@H](O)/C=C/[C@@H](O)C[C@@H](C)OCOCC[Si](C)(C)C. The molecule has 1 rings (SSSR count). The smallest absolute Gasteiger partial charge is 0.308 e. The lowest BCUT2D eigenvalue weighted by molar-refractivity contribution is -0.146. The summed E-state index contributed by atoms with van der Waals surface area (Å²) >= 11 is 0. The van der Waals surface area contributed by atoms with Crippen molar-refractivity contribution in [2.45, 2.75) is 76.5 Å². The zero-order valence-electron chi connectivity index (χ0n) is 20.0. The van der Waals surface area contributed by atoms with Crippen LogP contribution in [0.25, 0.3) is 0 Å². The number of benzene rings is 1. The number of ether oxygens (including phenoxy) is 4. The van der Waals surface area contributed by atoms with Gasteiger partial charge in [0.2, 0.25) is 0 Å². The number of carbonyl (C=O) groups excluding carboxylic acids is 1. The minimum absolute atomic E-state index is 0.0980. The summed E-state index contributed by atoms with van der Waals surface area (Å²) in [6.07, 6.45) is 0.307. The highest BCUT2D eigenvalue weighted by molar-refractivity contribution is 6.76. The van der Waals surface area contributed by atoms with Gasteiger partial charge in [-0.25, -0.2) is 0 Å². The number of hydrogen-bond donors (Lipinski definition) is 2. The van der Waals surface area contributed by atoms with Crippen molar-refractivity contribution >= 4 is 14.0 Å². The van der Waals surface area contributed by atoms with Crippen molar-refractivity contribution in [3.8, 4) is 0 Å². The molecule has 182 valence electrons. The minimum atomic E-state index is -1.12. The molecule has 0 aliphatic carbocycles. The Morgan fingerprint density at radius 1 is 1.09 bits per heavy atom. The van der Waals surface area contributed by atoms with E-state index in [0.29, 0.717) is 13.0 Å². The standard InChI is InChI=1S/C24H40O7Si/c1-19(31-18-29-13-14-32(3,4)5)15-21(25)11-12-22(26)23(16-24(27)28-2)30-17-20-9-7-6-8-10-20/h6-12,19,21-23,25-26H,13-18H2,1-5H3/b12-11+/t19-,21-,22+,23+/m1/s1. The number of rotatable bonds is 16. The Morgan fingerprint density at radius 3 is 2.41 bits per heavy atom. The van der Waals surface area contributed by atoms with Gasteiger partial charge in [-0.15, -0.1) is 0 Å². The summed E-state index contributed by atoms with van der Waals surface area (Å²) < 4.78 is 21.6. The number of hydrogen-bond acceptors (Lipinski definition) is 7. The van der Waals surface area contributed by atoms with Crippen molar-refractivity contribution in [3.63, 3.8) is 0 Å². The molecule has 0 heterocycles. The summed E-state index contributed by atoms with van der Waals surface area (Å²) in [5.74, 6) is -0.479. The van der Waals surface area contributed by atoms with Crippen LogP contribution in [0.5, 0.6) is 0 Å². The van der Waals surface area contributed by atoms with E-state index in [4.69, 9.17) is 18.9 Å². The maximum Gasteiger partial charge on any atom is 0.308 e. The minimum Gasteiger partial charge on any atom is -0.469 e. The molecule has 0 bridgehead atoms. The highest BCUT2D eigenvalue weighted by atomic mass is 28.3. The molecule has 0 fully saturated rings. The molecule has 32 heavy (non-hydrogen) atoms. The lowest BCUT2D eigenvalue weighted by atomic mass is 10.1. The van der Waals surface area contributed by atoms with Crippen molar-refractivity contribution in [1.82, 2.24) is 0 Å². The molecule has 8 heteroatoms. The topological polar surface area (TPSA) is 94.5 Å². The van der Waals surface area contributed by atoms with Crippen LogP contribution >= 0.6 is 0 Å². The second kappa shape index (κ2) is 15.3. The number of aliphatic hydroxyl groups excluding tert-OH is 2. The summed E-state index contributed by atoms with van der Waals surface area (Å²) in [6.45, 7) is 9.86. The zero-order chi connectivity index (χ0) is 24.0. The second-order valence-electron chi connectivity index (χ2n) is 9.11. The zero-order valence-corrected chi connectivity index (χ0v) is 21.0. The molecular formula is C24H40O7Si. The van der Waals surface area contributed by atoms with Crippen molar-refractivity contribution in [2.75, 3.05) is 20.5 Å². The van der Waals surface area contributed by atoms with Crippen LogP contribution in [0, 0.1) is 0 Å². The molecule has 0 unspecified atom stereocenters. The first-order valence-corrected chi connectivity index (χ1v) is 14.8. The Hall–Kier alpha value is -1.55. The van der Waals surface area contributed by atoms with Gasteiger partial charge in [0.05, 0.1) is 44.6 Å². The molecule has 0 aromatic heterocycles. The molecule has 0 amide bonds. The summed E-state index contributed by atoms with van der Waals surface area (Å²) in [6, 6.07) is 10.6. The first-order chi connectivity index (χ1) is 15.1. The number of methoxy groups -OCH3 is 1. The molecule has 1 aromatic carbocycles. The van der Waals surface area contributed by atoms with Gasteiger partial charge in [0.25, 0.3) is 0 Å².